The van der Waals surface area contributed by atoms with Crippen molar-refractivity contribution in [1.82, 2.24) is 9.80 Å². The molecule has 5 nitrogen and oxygen atoms in total. The molecule has 1 spiro atoms. The van der Waals surface area contributed by atoms with Crippen LogP contribution in [0.2, 0.25) is 0 Å². The second kappa shape index (κ2) is 7.12. The van der Waals surface area contributed by atoms with Crippen LogP contribution in [0.4, 0.5) is 0 Å². The maximum absolute atomic E-state index is 12.5. The Labute approximate surface area is 147 Å². The van der Waals surface area contributed by atoms with Gasteiger partial charge in [0.2, 0.25) is 0 Å². The molecule has 3 aliphatic rings. The van der Waals surface area contributed by atoms with Gasteiger partial charge in [-0.2, -0.15) is 0 Å². The van der Waals surface area contributed by atoms with E-state index in [0.717, 1.165) is 76.6 Å². The van der Waals surface area contributed by atoms with Gasteiger partial charge in [-0.1, -0.05) is 6.07 Å². The average Bonchev–Trinajstić information content (AvgIpc) is 3.17. The highest BCUT2D eigenvalue weighted by Crippen LogP contribution is 2.37. The van der Waals surface area contributed by atoms with Crippen molar-refractivity contribution in [2.75, 3.05) is 46.0 Å². The average molecular weight is 350 g/mol. The van der Waals surface area contributed by atoms with E-state index in [1.54, 1.807) is 0 Å². The second-order valence-electron chi connectivity index (χ2n) is 7.10. The SMILES string of the molecule is O=C(c1cccs1)N1CCC2(CC1)C[C@@H](N1CCOCC1)CCO2. The van der Waals surface area contributed by atoms with Gasteiger partial charge in [0.1, 0.15) is 0 Å². The van der Waals surface area contributed by atoms with Crippen molar-refractivity contribution in [2.24, 2.45) is 0 Å². The summed E-state index contributed by atoms with van der Waals surface area (Å²) in [6, 6.07) is 4.48. The number of hydrogen-bond donors (Lipinski definition) is 0. The minimum Gasteiger partial charge on any atom is -0.379 e. The lowest BCUT2D eigenvalue weighted by molar-refractivity contribution is -0.136. The van der Waals surface area contributed by atoms with E-state index in [0.29, 0.717) is 6.04 Å². The molecule has 4 rings (SSSR count). The van der Waals surface area contributed by atoms with Gasteiger partial charge in [-0.3, -0.25) is 9.69 Å². The molecule has 0 aliphatic carbocycles. The Kier molecular flexibility index (Phi) is 4.90. The van der Waals surface area contributed by atoms with Gasteiger partial charge in [-0.15, -0.1) is 11.3 Å². The van der Waals surface area contributed by atoms with Crippen LogP contribution < -0.4 is 0 Å². The lowest BCUT2D eigenvalue weighted by Gasteiger charge is -2.49. The number of piperidine rings is 1. The summed E-state index contributed by atoms with van der Waals surface area (Å²) in [5.41, 5.74) is -0.0204. The Morgan fingerprint density at radius 3 is 2.67 bits per heavy atom. The zero-order valence-corrected chi connectivity index (χ0v) is 14.9. The summed E-state index contributed by atoms with van der Waals surface area (Å²) in [5.74, 6) is 0.181. The van der Waals surface area contributed by atoms with E-state index in [9.17, 15) is 4.79 Å². The second-order valence-corrected chi connectivity index (χ2v) is 8.04. The van der Waals surface area contributed by atoms with Crippen molar-refractivity contribution in [2.45, 2.75) is 37.3 Å². The first-order valence-corrected chi connectivity index (χ1v) is 9.92. The first-order valence-electron chi connectivity index (χ1n) is 9.04. The highest BCUT2D eigenvalue weighted by atomic mass is 32.1. The van der Waals surface area contributed by atoms with E-state index in [4.69, 9.17) is 9.47 Å². The van der Waals surface area contributed by atoms with Gasteiger partial charge in [0.15, 0.2) is 0 Å². The predicted octanol–water partition coefficient (Wildman–Crippen LogP) is 2.23. The molecule has 0 bridgehead atoms. The third-order valence-corrected chi connectivity index (χ3v) is 6.58. The molecule has 1 aromatic heterocycles. The summed E-state index contributed by atoms with van der Waals surface area (Å²) < 4.78 is 11.7. The van der Waals surface area contributed by atoms with Gasteiger partial charge in [0, 0.05) is 38.8 Å². The van der Waals surface area contributed by atoms with Gasteiger partial charge in [0.25, 0.3) is 5.91 Å². The molecule has 3 aliphatic heterocycles. The van der Waals surface area contributed by atoms with Crippen LogP contribution >= 0.6 is 11.3 Å². The monoisotopic (exact) mass is 350 g/mol. The number of nitrogens with zero attached hydrogens (tertiary/aromatic N) is 2. The molecule has 3 saturated heterocycles. The molecule has 0 radical (unpaired) electrons. The highest BCUT2D eigenvalue weighted by molar-refractivity contribution is 7.12. The van der Waals surface area contributed by atoms with Crippen LogP contribution in [-0.4, -0.2) is 73.3 Å². The number of carbonyl (C=O) groups excluding carboxylic acids is 1. The first kappa shape index (κ1) is 16.5. The summed E-state index contributed by atoms with van der Waals surface area (Å²) in [6.07, 6.45) is 4.16. The molecular formula is C18H26N2O3S. The number of amides is 1. The maximum Gasteiger partial charge on any atom is 0.263 e. The fraction of sp³-hybridized carbons (Fsp3) is 0.722. The quantitative estimate of drug-likeness (QED) is 0.820. The Hall–Kier alpha value is -0.950. The molecule has 132 valence electrons. The van der Waals surface area contributed by atoms with Crippen molar-refractivity contribution in [3.05, 3.63) is 22.4 Å². The highest BCUT2D eigenvalue weighted by Gasteiger charge is 2.42. The minimum absolute atomic E-state index is 0.0204. The molecule has 0 saturated carbocycles. The molecule has 0 unspecified atom stereocenters. The maximum atomic E-state index is 12.5. The Morgan fingerprint density at radius 1 is 1.17 bits per heavy atom. The summed E-state index contributed by atoms with van der Waals surface area (Å²) in [6.45, 7) is 6.27. The Balaban J connectivity index is 1.36. The largest absolute Gasteiger partial charge is 0.379 e. The fourth-order valence-electron chi connectivity index (χ4n) is 4.28. The number of ether oxygens (including phenoxy) is 2. The standard InChI is InChI=1S/C18H26N2O3S/c21-17(16-2-1-13-24-16)20-6-4-18(5-7-20)14-15(3-10-23-18)19-8-11-22-12-9-19/h1-2,13,15H,3-12,14H2/t15-/m0/s1. The van der Waals surface area contributed by atoms with E-state index in [2.05, 4.69) is 4.90 Å². The molecule has 1 atom stereocenters. The van der Waals surface area contributed by atoms with E-state index in [1.165, 1.54) is 11.3 Å². The van der Waals surface area contributed by atoms with Crippen LogP contribution in [0, 0.1) is 0 Å². The lowest BCUT2D eigenvalue weighted by atomic mass is 9.81. The van der Waals surface area contributed by atoms with Gasteiger partial charge in [-0.25, -0.2) is 0 Å². The van der Waals surface area contributed by atoms with Crippen LogP contribution in [0.3, 0.4) is 0 Å². The third kappa shape index (κ3) is 3.38. The molecule has 1 amide bonds. The number of likely N-dealkylation sites (tertiary alicyclic amines) is 1. The number of thiophene rings is 1. The smallest absolute Gasteiger partial charge is 0.263 e. The molecule has 24 heavy (non-hydrogen) atoms. The molecule has 1 aromatic rings. The third-order valence-electron chi connectivity index (χ3n) is 5.72. The molecule has 4 heterocycles. The summed E-state index contributed by atoms with van der Waals surface area (Å²) in [4.78, 5) is 17.9. The molecule has 3 fully saturated rings. The number of morpholine rings is 1. The van der Waals surface area contributed by atoms with Crippen LogP contribution in [0.15, 0.2) is 17.5 Å². The van der Waals surface area contributed by atoms with Crippen LogP contribution in [0.5, 0.6) is 0 Å². The number of rotatable bonds is 2. The van der Waals surface area contributed by atoms with Crippen molar-refractivity contribution in [3.8, 4) is 0 Å². The van der Waals surface area contributed by atoms with Gasteiger partial charge in [0.05, 0.1) is 23.7 Å². The van der Waals surface area contributed by atoms with Crippen molar-refractivity contribution < 1.29 is 14.3 Å². The minimum atomic E-state index is -0.0204. The molecule has 6 heteroatoms. The fourth-order valence-corrected chi connectivity index (χ4v) is 4.97. The summed E-state index contributed by atoms with van der Waals surface area (Å²) in [5, 5.41) is 1.97. The van der Waals surface area contributed by atoms with Gasteiger partial charge >= 0.3 is 0 Å². The lowest BCUT2D eigenvalue weighted by Crippen LogP contribution is -2.55. The zero-order valence-electron chi connectivity index (χ0n) is 14.1. The van der Waals surface area contributed by atoms with Gasteiger partial charge < -0.3 is 14.4 Å². The normalized spacial score (nSPS) is 28.2. The molecular weight excluding hydrogens is 324 g/mol. The van der Waals surface area contributed by atoms with Crippen molar-refractivity contribution in [1.29, 1.82) is 0 Å². The van der Waals surface area contributed by atoms with Crippen molar-refractivity contribution in [3.63, 3.8) is 0 Å². The molecule has 0 aromatic carbocycles. The number of carbonyl (C=O) groups is 1. The molecule has 0 N–H and O–H groups in total. The van der Waals surface area contributed by atoms with Crippen LogP contribution in [-0.2, 0) is 9.47 Å². The Bertz CT molecular complexity index is 549. The Morgan fingerprint density at radius 2 is 1.96 bits per heavy atom. The topological polar surface area (TPSA) is 42.0 Å². The number of hydrogen-bond acceptors (Lipinski definition) is 5. The summed E-state index contributed by atoms with van der Waals surface area (Å²) >= 11 is 1.53. The van der Waals surface area contributed by atoms with E-state index >= 15 is 0 Å². The van der Waals surface area contributed by atoms with Crippen molar-refractivity contribution >= 4 is 17.2 Å². The summed E-state index contributed by atoms with van der Waals surface area (Å²) in [7, 11) is 0. The van der Waals surface area contributed by atoms with E-state index in [1.807, 2.05) is 22.4 Å². The first-order chi connectivity index (χ1) is 11.8. The van der Waals surface area contributed by atoms with E-state index < -0.39 is 0 Å². The predicted molar refractivity (Wildman–Crippen MR) is 93.6 cm³/mol. The van der Waals surface area contributed by atoms with E-state index in [-0.39, 0.29) is 11.5 Å². The van der Waals surface area contributed by atoms with Crippen LogP contribution in [0.25, 0.3) is 0 Å². The van der Waals surface area contributed by atoms with Crippen LogP contribution in [0.1, 0.15) is 35.4 Å². The zero-order chi connectivity index (χ0) is 16.4. The van der Waals surface area contributed by atoms with Gasteiger partial charge in [-0.05, 0) is 37.1 Å².